The second-order valence-corrected chi connectivity index (χ2v) is 5.82. The minimum absolute atomic E-state index is 0.0315. The summed E-state index contributed by atoms with van der Waals surface area (Å²) in [5.74, 6) is -0.785. The van der Waals surface area contributed by atoms with Gasteiger partial charge in [-0.05, 0) is 12.1 Å². The molecule has 27 heavy (non-hydrogen) atoms. The van der Waals surface area contributed by atoms with Gasteiger partial charge in [-0.15, -0.1) is 0 Å². The van der Waals surface area contributed by atoms with Gasteiger partial charge in [-0.3, -0.25) is 0 Å². The van der Waals surface area contributed by atoms with Crippen molar-refractivity contribution in [1.82, 2.24) is 0 Å². The van der Waals surface area contributed by atoms with Crippen molar-refractivity contribution < 1.29 is 44.2 Å². The van der Waals surface area contributed by atoms with Crippen LogP contribution in [0.4, 0.5) is 0 Å². The van der Waals surface area contributed by atoms with Crippen LogP contribution in [0.2, 0.25) is 0 Å². The first-order chi connectivity index (χ1) is 12.9. The zero-order valence-corrected chi connectivity index (χ0v) is 13.9. The molecule has 1 saturated heterocycles. The summed E-state index contributed by atoms with van der Waals surface area (Å²) in [4.78, 5) is 11.9. The molecule has 1 aliphatic rings. The highest BCUT2D eigenvalue weighted by Gasteiger charge is 2.44. The van der Waals surface area contributed by atoms with Gasteiger partial charge in [0.2, 0.25) is 6.29 Å². The zero-order chi connectivity index (χ0) is 19.7. The molecule has 0 saturated carbocycles. The van der Waals surface area contributed by atoms with E-state index in [4.69, 9.17) is 18.6 Å². The molecule has 1 fully saturated rings. The molecule has 2 heterocycles. The molecule has 0 spiro atoms. The van der Waals surface area contributed by atoms with Gasteiger partial charge in [0.25, 0.3) is 5.75 Å². The van der Waals surface area contributed by atoms with E-state index in [-0.39, 0.29) is 16.7 Å². The van der Waals surface area contributed by atoms with Gasteiger partial charge in [0.15, 0.2) is 5.75 Å². The Morgan fingerprint density at radius 1 is 1.19 bits per heavy atom. The van der Waals surface area contributed by atoms with Crippen LogP contribution in [0.3, 0.4) is 0 Å². The number of fused-ring (bicyclic) bond motifs is 1. The fraction of sp³-hybridized carbons (Fsp3) is 0.353. The minimum atomic E-state index is -1.60. The lowest BCUT2D eigenvalue weighted by molar-refractivity contribution is -0.277. The second-order valence-electron chi connectivity index (χ2n) is 5.82. The van der Waals surface area contributed by atoms with Gasteiger partial charge < -0.3 is 44.2 Å². The van der Waals surface area contributed by atoms with E-state index in [1.54, 1.807) is 0 Å². The molecule has 1 aromatic heterocycles. The van der Waals surface area contributed by atoms with Gasteiger partial charge >= 0.3 is 5.63 Å². The largest absolute Gasteiger partial charge is 0.504 e. The van der Waals surface area contributed by atoms with Crippen LogP contribution in [0, 0.1) is 0 Å². The molecule has 146 valence electrons. The summed E-state index contributed by atoms with van der Waals surface area (Å²) in [5, 5.41) is 49.0. The van der Waals surface area contributed by atoms with E-state index < -0.39 is 54.4 Å². The van der Waals surface area contributed by atoms with Crippen LogP contribution in [0.1, 0.15) is 0 Å². The normalized spacial score (nSPS) is 28.1. The number of hydrogen-bond acceptors (Lipinski definition) is 10. The summed E-state index contributed by atoms with van der Waals surface area (Å²) in [6, 6.07) is 4.03. The standard InChI is InChI=1S/C17H18O10/c1-2-24-15-11(19)8-4-3-7(5-9(8)26-16(15)23)25-17-14(22)13(21)12(20)10(6-18)27-17/h2-5,10,12-14,17-22H,1,6H2/t10-,12-,13+,14-,17?/m1/s1. The van der Waals surface area contributed by atoms with Crippen LogP contribution in [-0.2, 0) is 4.74 Å². The van der Waals surface area contributed by atoms with Crippen LogP contribution in [0.5, 0.6) is 17.2 Å². The maximum Gasteiger partial charge on any atom is 0.383 e. The van der Waals surface area contributed by atoms with Crippen LogP contribution in [0.25, 0.3) is 11.0 Å². The van der Waals surface area contributed by atoms with Crippen LogP contribution in [-0.4, -0.2) is 62.8 Å². The molecule has 0 bridgehead atoms. The topological polar surface area (TPSA) is 159 Å². The fourth-order valence-electron chi connectivity index (χ4n) is 2.71. The van der Waals surface area contributed by atoms with Crippen molar-refractivity contribution in [1.29, 1.82) is 0 Å². The Labute approximate surface area is 152 Å². The highest BCUT2D eigenvalue weighted by atomic mass is 16.7. The number of rotatable bonds is 5. The van der Waals surface area contributed by atoms with Crippen molar-refractivity contribution in [2.45, 2.75) is 30.7 Å². The predicted molar refractivity (Wildman–Crippen MR) is 89.4 cm³/mol. The SMILES string of the molecule is C=COc1c(O)c2ccc(OC3O[C@H](CO)[C@@H](O)[C@H](O)[C@H]3O)cc2oc1=O. The van der Waals surface area contributed by atoms with E-state index in [1.165, 1.54) is 18.2 Å². The van der Waals surface area contributed by atoms with Gasteiger partial charge in [-0.1, -0.05) is 6.58 Å². The smallest absolute Gasteiger partial charge is 0.383 e. The maximum absolute atomic E-state index is 11.9. The average Bonchev–Trinajstić information content (AvgIpc) is 2.65. The van der Waals surface area contributed by atoms with E-state index in [1.807, 2.05) is 0 Å². The molecule has 0 aliphatic carbocycles. The van der Waals surface area contributed by atoms with E-state index in [0.29, 0.717) is 0 Å². The van der Waals surface area contributed by atoms with Gasteiger partial charge in [-0.2, -0.15) is 0 Å². The molecule has 3 rings (SSSR count). The Morgan fingerprint density at radius 2 is 1.93 bits per heavy atom. The van der Waals surface area contributed by atoms with Crippen molar-refractivity contribution in [3.8, 4) is 17.2 Å². The summed E-state index contributed by atoms with van der Waals surface area (Å²) >= 11 is 0. The Bertz CT molecular complexity index is 889. The lowest BCUT2D eigenvalue weighted by Crippen LogP contribution is -2.60. The van der Waals surface area contributed by atoms with Gasteiger partial charge in [0, 0.05) is 6.07 Å². The summed E-state index contributed by atoms with van der Waals surface area (Å²) in [6.45, 7) is 2.70. The summed E-state index contributed by atoms with van der Waals surface area (Å²) in [5.41, 5.74) is -0.971. The van der Waals surface area contributed by atoms with Crippen molar-refractivity contribution in [2.75, 3.05) is 6.61 Å². The number of benzene rings is 1. The number of aromatic hydroxyl groups is 1. The highest BCUT2D eigenvalue weighted by molar-refractivity contribution is 5.86. The molecule has 5 atom stereocenters. The zero-order valence-electron chi connectivity index (χ0n) is 13.9. The minimum Gasteiger partial charge on any atom is -0.504 e. The van der Waals surface area contributed by atoms with E-state index in [9.17, 15) is 30.3 Å². The Kier molecular flexibility index (Phi) is 5.35. The number of hydrogen-bond donors (Lipinski definition) is 5. The van der Waals surface area contributed by atoms with Gasteiger partial charge in [0.1, 0.15) is 35.7 Å². The molecule has 10 heteroatoms. The molecule has 1 unspecified atom stereocenters. The number of aliphatic hydroxyl groups excluding tert-OH is 4. The lowest BCUT2D eigenvalue weighted by atomic mass is 9.99. The summed E-state index contributed by atoms with van der Waals surface area (Å²) in [6.07, 6.45) is -6.27. The van der Waals surface area contributed by atoms with Gasteiger partial charge in [0.05, 0.1) is 18.3 Å². The van der Waals surface area contributed by atoms with Crippen molar-refractivity contribution in [3.05, 3.63) is 41.5 Å². The second kappa shape index (κ2) is 7.55. The molecule has 5 N–H and O–H groups in total. The maximum atomic E-state index is 11.9. The fourth-order valence-corrected chi connectivity index (χ4v) is 2.71. The lowest BCUT2D eigenvalue weighted by Gasteiger charge is -2.39. The van der Waals surface area contributed by atoms with Crippen LogP contribution >= 0.6 is 0 Å². The monoisotopic (exact) mass is 382 g/mol. The predicted octanol–water partition coefficient (Wildman–Crippen LogP) is -0.800. The molecule has 0 radical (unpaired) electrons. The first-order valence-corrected chi connectivity index (χ1v) is 7.92. The molecular weight excluding hydrogens is 364 g/mol. The van der Waals surface area contributed by atoms with E-state index in [2.05, 4.69) is 6.58 Å². The van der Waals surface area contributed by atoms with Crippen LogP contribution in [0.15, 0.2) is 40.3 Å². The van der Waals surface area contributed by atoms with E-state index >= 15 is 0 Å². The first-order valence-electron chi connectivity index (χ1n) is 7.92. The highest BCUT2D eigenvalue weighted by Crippen LogP contribution is 2.34. The molecule has 2 aromatic rings. The third-order valence-electron chi connectivity index (χ3n) is 4.11. The summed E-state index contributed by atoms with van der Waals surface area (Å²) in [7, 11) is 0. The van der Waals surface area contributed by atoms with Crippen LogP contribution < -0.4 is 15.1 Å². The molecule has 0 amide bonds. The van der Waals surface area contributed by atoms with Crippen molar-refractivity contribution in [3.63, 3.8) is 0 Å². The van der Waals surface area contributed by atoms with Gasteiger partial charge in [-0.25, -0.2) is 4.79 Å². The Balaban J connectivity index is 1.90. The molecule has 10 nitrogen and oxygen atoms in total. The quantitative estimate of drug-likeness (QED) is 0.327. The number of aliphatic hydroxyl groups is 4. The molecule has 1 aromatic carbocycles. The Hall–Kier alpha value is -2.63. The average molecular weight is 382 g/mol. The first kappa shape index (κ1) is 19.1. The van der Waals surface area contributed by atoms with Crippen molar-refractivity contribution >= 4 is 11.0 Å². The summed E-state index contributed by atoms with van der Waals surface area (Å²) < 4.78 is 20.6. The third-order valence-corrected chi connectivity index (χ3v) is 4.11. The Morgan fingerprint density at radius 3 is 2.59 bits per heavy atom. The van der Waals surface area contributed by atoms with E-state index in [0.717, 1.165) is 6.26 Å². The third kappa shape index (κ3) is 3.48. The molecular formula is C17H18O10. The molecule has 1 aliphatic heterocycles. The van der Waals surface area contributed by atoms with Crippen molar-refractivity contribution in [2.24, 2.45) is 0 Å². The number of ether oxygens (including phenoxy) is 3.